The van der Waals surface area contributed by atoms with Crippen molar-refractivity contribution < 1.29 is 0 Å². The SMILES string of the molecule is CSc1cccc(NC(N)=NCCCl)c1. The Kier molecular flexibility index (Phi) is 5.36. The molecule has 5 heteroatoms. The number of benzene rings is 1. The van der Waals surface area contributed by atoms with Crippen molar-refractivity contribution in [1.29, 1.82) is 0 Å². The van der Waals surface area contributed by atoms with Gasteiger partial charge in [-0.15, -0.1) is 23.4 Å². The highest BCUT2D eigenvalue weighted by Gasteiger charge is 1.96. The third-order valence-corrected chi connectivity index (χ3v) is 2.60. The number of nitrogens with zero attached hydrogens (tertiary/aromatic N) is 1. The molecule has 3 N–H and O–H groups in total. The topological polar surface area (TPSA) is 50.4 Å². The molecule has 1 rings (SSSR count). The number of rotatable bonds is 4. The Morgan fingerprint density at radius 1 is 1.60 bits per heavy atom. The predicted octanol–water partition coefficient (Wildman–Crippen LogP) is 2.37. The van der Waals surface area contributed by atoms with E-state index >= 15 is 0 Å². The van der Waals surface area contributed by atoms with Crippen LogP contribution in [0.1, 0.15) is 0 Å². The van der Waals surface area contributed by atoms with Crippen LogP contribution in [0.4, 0.5) is 5.69 Å². The van der Waals surface area contributed by atoms with Gasteiger partial charge >= 0.3 is 0 Å². The van der Waals surface area contributed by atoms with Gasteiger partial charge in [0.25, 0.3) is 0 Å². The van der Waals surface area contributed by atoms with E-state index in [2.05, 4.69) is 10.3 Å². The Morgan fingerprint density at radius 2 is 2.40 bits per heavy atom. The zero-order valence-electron chi connectivity index (χ0n) is 8.53. The summed E-state index contributed by atoms with van der Waals surface area (Å²) < 4.78 is 0. The highest BCUT2D eigenvalue weighted by molar-refractivity contribution is 7.98. The summed E-state index contributed by atoms with van der Waals surface area (Å²) in [6.07, 6.45) is 2.03. The van der Waals surface area contributed by atoms with Crippen molar-refractivity contribution in [3.05, 3.63) is 24.3 Å². The van der Waals surface area contributed by atoms with E-state index in [9.17, 15) is 0 Å². The molecule has 0 fully saturated rings. The molecule has 1 aromatic rings. The number of nitrogens with one attached hydrogen (secondary N) is 1. The second-order valence-electron chi connectivity index (χ2n) is 2.81. The van der Waals surface area contributed by atoms with Gasteiger partial charge in [-0.1, -0.05) is 6.07 Å². The smallest absolute Gasteiger partial charge is 0.193 e. The molecule has 15 heavy (non-hydrogen) atoms. The van der Waals surface area contributed by atoms with Gasteiger partial charge in [-0.25, -0.2) is 0 Å². The molecule has 0 spiro atoms. The molecular formula is C10H14ClN3S. The fourth-order valence-corrected chi connectivity index (χ4v) is 1.59. The molecule has 1 aromatic carbocycles. The molecule has 0 aliphatic heterocycles. The quantitative estimate of drug-likeness (QED) is 0.370. The van der Waals surface area contributed by atoms with Crippen LogP contribution in [0, 0.1) is 0 Å². The molecule has 0 atom stereocenters. The summed E-state index contributed by atoms with van der Waals surface area (Å²) in [6.45, 7) is 0.530. The fourth-order valence-electron chi connectivity index (χ4n) is 1.05. The van der Waals surface area contributed by atoms with Crippen LogP contribution in [0.3, 0.4) is 0 Å². The van der Waals surface area contributed by atoms with Crippen LogP contribution in [-0.2, 0) is 0 Å². The van der Waals surface area contributed by atoms with Crippen molar-refractivity contribution >= 4 is 35.0 Å². The third kappa shape index (κ3) is 4.44. The summed E-state index contributed by atoms with van der Waals surface area (Å²) in [5, 5.41) is 3.01. The van der Waals surface area contributed by atoms with E-state index in [-0.39, 0.29) is 0 Å². The number of anilines is 1. The first-order chi connectivity index (χ1) is 7.26. The van der Waals surface area contributed by atoms with Gasteiger partial charge in [-0.2, -0.15) is 0 Å². The summed E-state index contributed by atoms with van der Waals surface area (Å²) in [5.74, 6) is 0.877. The molecule has 0 heterocycles. The maximum absolute atomic E-state index is 5.66. The van der Waals surface area contributed by atoms with Crippen LogP contribution in [0.15, 0.2) is 34.2 Å². The third-order valence-electron chi connectivity index (χ3n) is 1.71. The number of aliphatic imine (C=N–C) groups is 1. The van der Waals surface area contributed by atoms with Gasteiger partial charge in [-0.3, -0.25) is 4.99 Å². The molecule has 0 aliphatic carbocycles. The molecule has 3 nitrogen and oxygen atoms in total. The van der Waals surface area contributed by atoms with Gasteiger partial charge < -0.3 is 11.1 Å². The summed E-state index contributed by atoms with van der Waals surface area (Å²) >= 11 is 7.19. The van der Waals surface area contributed by atoms with E-state index in [0.717, 1.165) is 5.69 Å². The molecular weight excluding hydrogens is 230 g/mol. The second-order valence-corrected chi connectivity index (χ2v) is 4.07. The monoisotopic (exact) mass is 243 g/mol. The van der Waals surface area contributed by atoms with Crippen LogP contribution in [0.25, 0.3) is 0 Å². The Labute approximate surface area is 99.1 Å². The minimum atomic E-state index is 0.397. The lowest BCUT2D eigenvalue weighted by Crippen LogP contribution is -2.22. The molecule has 0 aromatic heterocycles. The van der Waals surface area contributed by atoms with Gasteiger partial charge in [0.15, 0.2) is 5.96 Å². The highest BCUT2D eigenvalue weighted by atomic mass is 35.5. The van der Waals surface area contributed by atoms with E-state index < -0.39 is 0 Å². The maximum Gasteiger partial charge on any atom is 0.193 e. The molecule has 0 amide bonds. The summed E-state index contributed by atoms with van der Waals surface area (Å²) in [5.41, 5.74) is 6.60. The lowest BCUT2D eigenvalue weighted by atomic mass is 10.3. The first kappa shape index (κ1) is 12.2. The maximum atomic E-state index is 5.66. The summed E-state index contributed by atoms with van der Waals surface area (Å²) in [6, 6.07) is 7.99. The number of guanidine groups is 1. The number of nitrogens with two attached hydrogens (primary N) is 1. The molecule has 0 bridgehead atoms. The zero-order chi connectivity index (χ0) is 11.1. The Balaban J connectivity index is 2.63. The first-order valence-electron chi connectivity index (χ1n) is 4.53. The Hall–Kier alpha value is -0.870. The first-order valence-corrected chi connectivity index (χ1v) is 6.29. The second kappa shape index (κ2) is 6.58. The lowest BCUT2D eigenvalue weighted by Gasteiger charge is -2.06. The van der Waals surface area contributed by atoms with Crippen molar-refractivity contribution in [1.82, 2.24) is 0 Å². The fraction of sp³-hybridized carbons (Fsp3) is 0.300. The van der Waals surface area contributed by atoms with E-state index in [1.54, 1.807) is 11.8 Å². The molecule has 82 valence electrons. The Morgan fingerprint density at radius 3 is 3.07 bits per heavy atom. The molecule has 0 saturated heterocycles. The number of alkyl halides is 1. The number of halogens is 1. The van der Waals surface area contributed by atoms with Gasteiger partial charge in [-0.05, 0) is 24.5 Å². The van der Waals surface area contributed by atoms with Crippen molar-refractivity contribution in [2.24, 2.45) is 10.7 Å². The number of hydrogen-bond acceptors (Lipinski definition) is 2. The zero-order valence-corrected chi connectivity index (χ0v) is 10.1. The largest absolute Gasteiger partial charge is 0.370 e. The van der Waals surface area contributed by atoms with Crippen LogP contribution < -0.4 is 11.1 Å². The summed E-state index contributed by atoms with van der Waals surface area (Å²) in [4.78, 5) is 5.22. The standard InChI is InChI=1S/C10H14ClN3S/c1-15-9-4-2-3-8(7-9)14-10(12)13-6-5-11/h2-4,7H,5-6H2,1H3,(H3,12,13,14). The molecule has 0 aliphatic rings. The van der Waals surface area contributed by atoms with Crippen molar-refractivity contribution in [2.45, 2.75) is 4.90 Å². The van der Waals surface area contributed by atoms with Crippen molar-refractivity contribution in [3.8, 4) is 0 Å². The Bertz CT molecular complexity index is 341. The van der Waals surface area contributed by atoms with Crippen LogP contribution in [0.2, 0.25) is 0 Å². The molecule has 0 saturated carbocycles. The van der Waals surface area contributed by atoms with Crippen LogP contribution in [-0.4, -0.2) is 24.6 Å². The van der Waals surface area contributed by atoms with Gasteiger partial charge in [0, 0.05) is 16.5 Å². The van der Waals surface area contributed by atoms with Crippen molar-refractivity contribution in [3.63, 3.8) is 0 Å². The number of thioether (sulfide) groups is 1. The summed E-state index contributed by atoms with van der Waals surface area (Å²) in [7, 11) is 0. The van der Waals surface area contributed by atoms with Crippen LogP contribution >= 0.6 is 23.4 Å². The van der Waals surface area contributed by atoms with Gasteiger partial charge in [0.05, 0.1) is 6.54 Å². The van der Waals surface area contributed by atoms with E-state index in [1.807, 2.05) is 30.5 Å². The van der Waals surface area contributed by atoms with E-state index in [0.29, 0.717) is 18.4 Å². The molecule has 0 radical (unpaired) electrons. The minimum absolute atomic E-state index is 0.397. The van der Waals surface area contributed by atoms with Gasteiger partial charge in [0.1, 0.15) is 0 Å². The highest BCUT2D eigenvalue weighted by Crippen LogP contribution is 2.18. The average molecular weight is 244 g/mol. The van der Waals surface area contributed by atoms with Gasteiger partial charge in [0.2, 0.25) is 0 Å². The normalized spacial score (nSPS) is 11.5. The lowest BCUT2D eigenvalue weighted by molar-refractivity contribution is 1.13. The average Bonchev–Trinajstić information content (AvgIpc) is 2.26. The van der Waals surface area contributed by atoms with E-state index in [4.69, 9.17) is 17.3 Å². The van der Waals surface area contributed by atoms with Crippen molar-refractivity contribution in [2.75, 3.05) is 24.0 Å². The van der Waals surface area contributed by atoms with Crippen LogP contribution in [0.5, 0.6) is 0 Å². The molecule has 0 unspecified atom stereocenters. The van der Waals surface area contributed by atoms with E-state index in [1.165, 1.54) is 4.90 Å². The predicted molar refractivity (Wildman–Crippen MR) is 69.1 cm³/mol. The minimum Gasteiger partial charge on any atom is -0.370 e. The number of hydrogen-bond donors (Lipinski definition) is 2.